The fourth-order valence-corrected chi connectivity index (χ4v) is 1.04. The van der Waals surface area contributed by atoms with E-state index in [1.807, 2.05) is 0 Å². The zero-order valence-corrected chi connectivity index (χ0v) is 8.10. The van der Waals surface area contributed by atoms with Crippen LogP contribution < -0.4 is 10.4 Å². The van der Waals surface area contributed by atoms with Crippen LogP contribution in [0, 0.1) is 0 Å². The Morgan fingerprint density at radius 3 is 2.60 bits per heavy atom. The van der Waals surface area contributed by atoms with E-state index in [-0.39, 0.29) is 12.3 Å². The van der Waals surface area contributed by atoms with Crippen LogP contribution in [-0.4, -0.2) is 23.4 Å². The lowest BCUT2D eigenvalue weighted by Crippen LogP contribution is -2.27. The fraction of sp³-hybridized carbons (Fsp3) is 0.300. The molecule has 5 heteroatoms. The monoisotopic (exact) mass is 207 g/mol. The summed E-state index contributed by atoms with van der Waals surface area (Å²) in [5.74, 6) is -1.33. The van der Waals surface area contributed by atoms with Crippen molar-refractivity contribution in [2.24, 2.45) is 0 Å². The number of aromatic nitrogens is 1. The maximum absolute atomic E-state index is 11.4. The maximum atomic E-state index is 11.4. The van der Waals surface area contributed by atoms with Crippen LogP contribution in [0.3, 0.4) is 0 Å². The first-order valence-corrected chi connectivity index (χ1v) is 4.58. The van der Waals surface area contributed by atoms with E-state index < -0.39 is 5.97 Å². The lowest BCUT2D eigenvalue weighted by molar-refractivity contribution is -0.305. The van der Waals surface area contributed by atoms with Crippen LogP contribution in [-0.2, 0) is 4.79 Å². The lowest BCUT2D eigenvalue weighted by atomic mass is 10.2. The molecule has 0 spiro atoms. The van der Waals surface area contributed by atoms with E-state index in [1.165, 1.54) is 12.4 Å². The zero-order chi connectivity index (χ0) is 11.1. The molecule has 5 nitrogen and oxygen atoms in total. The normalized spacial score (nSPS) is 9.60. The van der Waals surface area contributed by atoms with Crippen LogP contribution in [0.4, 0.5) is 0 Å². The molecule has 0 aromatic carbocycles. The molecule has 1 N–H and O–H groups in total. The first-order chi connectivity index (χ1) is 7.20. The second kappa shape index (κ2) is 5.74. The van der Waals surface area contributed by atoms with Crippen molar-refractivity contribution in [2.45, 2.75) is 12.8 Å². The molecule has 0 saturated heterocycles. The molecule has 0 atom stereocenters. The predicted molar refractivity (Wildman–Crippen MR) is 50.8 cm³/mol. The Hall–Kier alpha value is -1.91. The number of nitrogens with zero attached hydrogens (tertiary/aromatic N) is 1. The third-order valence-electron chi connectivity index (χ3n) is 1.79. The van der Waals surface area contributed by atoms with Gasteiger partial charge in [-0.25, -0.2) is 0 Å². The number of pyridine rings is 1. The summed E-state index contributed by atoms with van der Waals surface area (Å²) < 4.78 is 0. The molecule has 0 aliphatic rings. The molecule has 0 radical (unpaired) electrons. The summed E-state index contributed by atoms with van der Waals surface area (Å²) in [7, 11) is 0. The Labute approximate surface area is 87.1 Å². The molecule has 1 heterocycles. The molecule has 0 fully saturated rings. The fourth-order valence-electron chi connectivity index (χ4n) is 1.04. The summed E-state index contributed by atoms with van der Waals surface area (Å²) in [4.78, 5) is 25.3. The quantitative estimate of drug-likeness (QED) is 0.650. The van der Waals surface area contributed by atoms with E-state index in [0.29, 0.717) is 18.5 Å². The second-order valence-electron chi connectivity index (χ2n) is 2.97. The van der Waals surface area contributed by atoms with Crippen LogP contribution in [0.15, 0.2) is 24.5 Å². The van der Waals surface area contributed by atoms with Crippen LogP contribution in [0.25, 0.3) is 0 Å². The Kier molecular flexibility index (Phi) is 4.28. The van der Waals surface area contributed by atoms with Crippen molar-refractivity contribution in [2.75, 3.05) is 6.54 Å². The molecule has 1 aromatic rings. The molecule has 80 valence electrons. The highest BCUT2D eigenvalue weighted by Gasteiger charge is 2.02. The van der Waals surface area contributed by atoms with Crippen LogP contribution in [0.1, 0.15) is 23.2 Å². The summed E-state index contributed by atoms with van der Waals surface area (Å²) in [6.07, 6.45) is 3.38. The SMILES string of the molecule is O=C([O-])CCCNC(=O)c1ccncc1. The van der Waals surface area contributed by atoms with Gasteiger partial charge in [0.25, 0.3) is 5.91 Å². The molecule has 15 heavy (non-hydrogen) atoms. The van der Waals surface area contributed by atoms with Gasteiger partial charge in [0.05, 0.1) is 0 Å². The minimum Gasteiger partial charge on any atom is -0.550 e. The molecule has 0 aliphatic heterocycles. The first kappa shape index (κ1) is 11.2. The summed E-state index contributed by atoms with van der Waals surface area (Å²) >= 11 is 0. The molecule has 1 amide bonds. The largest absolute Gasteiger partial charge is 0.550 e. The average molecular weight is 207 g/mol. The van der Waals surface area contributed by atoms with E-state index in [9.17, 15) is 14.7 Å². The van der Waals surface area contributed by atoms with Crippen molar-refractivity contribution in [1.29, 1.82) is 0 Å². The van der Waals surface area contributed by atoms with Gasteiger partial charge in [0.2, 0.25) is 0 Å². The van der Waals surface area contributed by atoms with E-state index in [4.69, 9.17) is 0 Å². The van der Waals surface area contributed by atoms with Crippen molar-refractivity contribution in [3.63, 3.8) is 0 Å². The van der Waals surface area contributed by atoms with Crippen LogP contribution in [0.5, 0.6) is 0 Å². The van der Waals surface area contributed by atoms with Crippen molar-refractivity contribution in [3.8, 4) is 0 Å². The van der Waals surface area contributed by atoms with Crippen LogP contribution >= 0.6 is 0 Å². The van der Waals surface area contributed by atoms with E-state index in [1.54, 1.807) is 12.1 Å². The topological polar surface area (TPSA) is 82.1 Å². The average Bonchev–Trinajstić information content (AvgIpc) is 2.25. The van der Waals surface area contributed by atoms with Gasteiger partial charge in [0.1, 0.15) is 0 Å². The molecular formula is C10H11N2O3-. The number of rotatable bonds is 5. The number of nitrogens with one attached hydrogen (secondary N) is 1. The third kappa shape index (κ3) is 4.21. The Morgan fingerprint density at radius 1 is 1.33 bits per heavy atom. The number of carboxylic acids is 1. The Morgan fingerprint density at radius 2 is 2.00 bits per heavy atom. The third-order valence-corrected chi connectivity index (χ3v) is 1.79. The van der Waals surface area contributed by atoms with E-state index in [0.717, 1.165) is 0 Å². The van der Waals surface area contributed by atoms with Gasteiger partial charge in [-0.1, -0.05) is 0 Å². The molecule has 0 aliphatic carbocycles. The first-order valence-electron chi connectivity index (χ1n) is 4.58. The van der Waals surface area contributed by atoms with Gasteiger partial charge in [0, 0.05) is 30.5 Å². The van der Waals surface area contributed by atoms with Gasteiger partial charge >= 0.3 is 0 Å². The Bertz CT molecular complexity index is 338. The van der Waals surface area contributed by atoms with Gasteiger partial charge in [-0.05, 0) is 25.0 Å². The van der Waals surface area contributed by atoms with E-state index in [2.05, 4.69) is 10.3 Å². The van der Waals surface area contributed by atoms with E-state index >= 15 is 0 Å². The summed E-state index contributed by atoms with van der Waals surface area (Å²) in [5.41, 5.74) is 0.512. The summed E-state index contributed by atoms with van der Waals surface area (Å²) in [6, 6.07) is 3.18. The number of carboxylic acid groups (broad SMARTS) is 1. The molecule has 0 bridgehead atoms. The van der Waals surface area contributed by atoms with Gasteiger partial charge in [-0.2, -0.15) is 0 Å². The van der Waals surface area contributed by atoms with Gasteiger partial charge in [-0.15, -0.1) is 0 Å². The number of carbonyl (C=O) groups is 2. The highest BCUT2D eigenvalue weighted by Crippen LogP contribution is 1.95. The number of amides is 1. The Balaban J connectivity index is 2.28. The maximum Gasteiger partial charge on any atom is 0.251 e. The smallest absolute Gasteiger partial charge is 0.251 e. The lowest BCUT2D eigenvalue weighted by Gasteiger charge is -2.05. The molecule has 0 unspecified atom stereocenters. The minimum atomic E-state index is -1.10. The van der Waals surface area contributed by atoms with Crippen molar-refractivity contribution < 1.29 is 14.7 Å². The predicted octanol–water partition coefficient (Wildman–Crippen LogP) is -0.658. The molecular weight excluding hydrogens is 196 g/mol. The van der Waals surface area contributed by atoms with Gasteiger partial charge < -0.3 is 15.2 Å². The highest BCUT2D eigenvalue weighted by molar-refractivity contribution is 5.93. The summed E-state index contributed by atoms with van der Waals surface area (Å²) in [5, 5.41) is 12.7. The number of hydrogen-bond donors (Lipinski definition) is 1. The number of carbonyl (C=O) groups excluding carboxylic acids is 2. The minimum absolute atomic E-state index is 0.0450. The summed E-state index contributed by atoms with van der Waals surface area (Å²) in [6.45, 7) is 0.329. The van der Waals surface area contributed by atoms with Crippen molar-refractivity contribution in [1.82, 2.24) is 10.3 Å². The van der Waals surface area contributed by atoms with Crippen molar-refractivity contribution >= 4 is 11.9 Å². The molecule has 1 aromatic heterocycles. The standard InChI is InChI=1S/C10H12N2O3/c13-9(14)2-1-5-12-10(15)8-3-6-11-7-4-8/h3-4,6-7H,1-2,5H2,(H,12,15)(H,13,14)/p-1. The second-order valence-corrected chi connectivity index (χ2v) is 2.97. The number of hydrogen-bond acceptors (Lipinski definition) is 4. The molecule has 1 rings (SSSR count). The number of aliphatic carboxylic acids is 1. The van der Waals surface area contributed by atoms with Gasteiger partial charge in [-0.3, -0.25) is 9.78 Å². The van der Waals surface area contributed by atoms with Gasteiger partial charge in [0.15, 0.2) is 0 Å². The zero-order valence-electron chi connectivity index (χ0n) is 8.10. The highest BCUT2D eigenvalue weighted by atomic mass is 16.4. The molecule has 0 saturated carbocycles. The van der Waals surface area contributed by atoms with Crippen LogP contribution in [0.2, 0.25) is 0 Å². The van der Waals surface area contributed by atoms with Crippen molar-refractivity contribution in [3.05, 3.63) is 30.1 Å².